The molecule has 0 aromatic carbocycles. The lowest BCUT2D eigenvalue weighted by Gasteiger charge is -2.33. The second kappa shape index (κ2) is 9.00. The Morgan fingerprint density at radius 1 is 1.43 bits per heavy atom. The Hall–Kier alpha value is -1.14. The van der Waals surface area contributed by atoms with Crippen molar-refractivity contribution >= 4 is 12.4 Å². The Labute approximate surface area is 126 Å². The fourth-order valence-electron chi connectivity index (χ4n) is 2.84. The summed E-state index contributed by atoms with van der Waals surface area (Å²) in [5.41, 5.74) is -0.358. The van der Waals surface area contributed by atoms with Gasteiger partial charge in [0.05, 0.1) is 5.54 Å². The minimum Gasteiger partial charge on any atom is -0.483 e. The summed E-state index contributed by atoms with van der Waals surface area (Å²) >= 11 is 0. The van der Waals surface area contributed by atoms with Gasteiger partial charge in [0.25, 0.3) is 6.47 Å². The molecule has 2 saturated heterocycles. The Morgan fingerprint density at radius 2 is 2.05 bits per heavy atom. The van der Waals surface area contributed by atoms with Crippen LogP contribution in [0.25, 0.3) is 0 Å². The van der Waals surface area contributed by atoms with Gasteiger partial charge in [-0.3, -0.25) is 14.5 Å². The fraction of sp³-hybridized carbons (Fsp3) is 0.867. The van der Waals surface area contributed by atoms with Gasteiger partial charge >= 0.3 is 0 Å². The molecular weight excluding hydrogens is 272 g/mol. The van der Waals surface area contributed by atoms with E-state index in [0.717, 1.165) is 45.7 Å². The Bertz CT molecular complexity index is 322. The molecule has 0 aliphatic carbocycles. The van der Waals surface area contributed by atoms with Gasteiger partial charge in [-0.05, 0) is 58.5 Å². The van der Waals surface area contributed by atoms with Crippen LogP contribution >= 0.6 is 0 Å². The number of amides is 1. The van der Waals surface area contributed by atoms with Crippen molar-refractivity contribution in [3.63, 3.8) is 0 Å². The van der Waals surface area contributed by atoms with E-state index in [2.05, 4.69) is 10.2 Å². The maximum absolute atomic E-state index is 12.2. The third kappa shape index (κ3) is 5.63. The highest BCUT2D eigenvalue weighted by Crippen LogP contribution is 2.21. The highest BCUT2D eigenvalue weighted by Gasteiger charge is 2.35. The topological polar surface area (TPSA) is 78.9 Å². The van der Waals surface area contributed by atoms with Crippen molar-refractivity contribution in [2.75, 3.05) is 32.8 Å². The summed E-state index contributed by atoms with van der Waals surface area (Å²) in [6.45, 7) is 8.46. The van der Waals surface area contributed by atoms with E-state index in [1.54, 1.807) is 0 Å². The zero-order valence-electron chi connectivity index (χ0n) is 13.1. The quantitative estimate of drug-likeness (QED) is 0.744. The second-order valence-electron chi connectivity index (χ2n) is 6.13. The maximum atomic E-state index is 12.2. The minimum atomic E-state index is -0.358. The summed E-state index contributed by atoms with van der Waals surface area (Å²) in [6.07, 6.45) is 4.62. The fourth-order valence-corrected chi connectivity index (χ4v) is 2.84. The van der Waals surface area contributed by atoms with Crippen LogP contribution in [-0.2, 0) is 14.3 Å². The molecule has 0 aromatic heterocycles. The van der Waals surface area contributed by atoms with E-state index >= 15 is 0 Å². The van der Waals surface area contributed by atoms with E-state index in [1.165, 1.54) is 12.8 Å². The lowest BCUT2D eigenvalue weighted by atomic mass is 10.0. The molecule has 0 aromatic rings. The van der Waals surface area contributed by atoms with E-state index in [-0.39, 0.29) is 17.9 Å². The van der Waals surface area contributed by atoms with Gasteiger partial charge in [0.15, 0.2) is 0 Å². The molecule has 0 spiro atoms. The molecule has 2 fully saturated rings. The number of nitrogens with one attached hydrogen (secondary N) is 1. The van der Waals surface area contributed by atoms with Crippen LogP contribution in [-0.4, -0.2) is 60.8 Å². The lowest BCUT2D eigenvalue weighted by molar-refractivity contribution is -0.131. The Balaban J connectivity index is 0.000000677. The third-order valence-corrected chi connectivity index (χ3v) is 4.31. The maximum Gasteiger partial charge on any atom is 0.290 e. The normalized spacial score (nSPS) is 22.5. The van der Waals surface area contributed by atoms with Gasteiger partial charge in [-0.25, -0.2) is 0 Å². The van der Waals surface area contributed by atoms with E-state index in [4.69, 9.17) is 14.6 Å². The predicted molar refractivity (Wildman–Crippen MR) is 80.1 cm³/mol. The molecule has 6 heteroatoms. The average molecular weight is 300 g/mol. The first-order chi connectivity index (χ1) is 10.0. The molecule has 0 saturated carbocycles. The minimum absolute atomic E-state index is 0.170. The van der Waals surface area contributed by atoms with Crippen molar-refractivity contribution in [1.29, 1.82) is 0 Å². The highest BCUT2D eigenvalue weighted by atomic mass is 16.5. The summed E-state index contributed by atoms with van der Waals surface area (Å²) in [5, 5.41) is 9.98. The summed E-state index contributed by atoms with van der Waals surface area (Å²) < 4.78 is 5.34. The summed E-state index contributed by atoms with van der Waals surface area (Å²) in [5.74, 6) is 0.809. The van der Waals surface area contributed by atoms with Crippen LogP contribution in [0.15, 0.2) is 0 Å². The molecule has 0 bridgehead atoms. The molecule has 0 radical (unpaired) electrons. The summed E-state index contributed by atoms with van der Waals surface area (Å²) in [4.78, 5) is 22.9. The molecule has 6 nitrogen and oxygen atoms in total. The standard InChI is InChI=1S/C14H26N2O2.CH2O2/c1-14(2,16-8-3-4-9-16)13(17)15-7-5-12-6-10-18-11-12;2-1-3/h12H,3-11H2,1-2H3,(H,15,17);1H,(H,2,3). The van der Waals surface area contributed by atoms with Crippen LogP contribution < -0.4 is 5.32 Å². The Kier molecular flexibility index (Phi) is 7.67. The van der Waals surface area contributed by atoms with Gasteiger partial charge in [0.2, 0.25) is 5.91 Å². The van der Waals surface area contributed by atoms with E-state index in [1.807, 2.05) is 13.8 Å². The summed E-state index contributed by atoms with van der Waals surface area (Å²) in [6, 6.07) is 0. The van der Waals surface area contributed by atoms with Crippen LogP contribution in [0.4, 0.5) is 0 Å². The van der Waals surface area contributed by atoms with Crippen LogP contribution in [0, 0.1) is 5.92 Å². The number of ether oxygens (including phenoxy) is 1. The van der Waals surface area contributed by atoms with Crippen LogP contribution in [0.5, 0.6) is 0 Å². The molecule has 1 atom stereocenters. The molecule has 1 amide bonds. The van der Waals surface area contributed by atoms with Crippen LogP contribution in [0.3, 0.4) is 0 Å². The molecular formula is C15H28N2O4. The molecule has 122 valence electrons. The molecule has 2 N–H and O–H groups in total. The van der Waals surface area contributed by atoms with Crippen molar-refractivity contribution < 1.29 is 19.4 Å². The molecule has 1 unspecified atom stereocenters. The lowest BCUT2D eigenvalue weighted by Crippen LogP contribution is -2.54. The third-order valence-electron chi connectivity index (χ3n) is 4.31. The SMILES string of the molecule is CC(C)(C(=O)NCCC1CCOC1)N1CCCC1.O=CO. The average Bonchev–Trinajstić information content (AvgIpc) is 3.13. The first-order valence-electron chi connectivity index (χ1n) is 7.71. The molecule has 2 rings (SSSR count). The van der Waals surface area contributed by atoms with Crippen molar-refractivity contribution in [3.05, 3.63) is 0 Å². The number of hydrogen-bond acceptors (Lipinski definition) is 4. The zero-order valence-corrected chi connectivity index (χ0v) is 13.1. The van der Waals surface area contributed by atoms with Gasteiger partial charge in [0.1, 0.15) is 0 Å². The molecule has 21 heavy (non-hydrogen) atoms. The molecule has 2 aliphatic rings. The molecule has 2 heterocycles. The predicted octanol–water partition coefficient (Wildman–Crippen LogP) is 1.10. The first kappa shape index (κ1) is 17.9. The van der Waals surface area contributed by atoms with Gasteiger partial charge in [-0.1, -0.05) is 0 Å². The van der Waals surface area contributed by atoms with E-state index in [0.29, 0.717) is 5.92 Å². The van der Waals surface area contributed by atoms with Crippen molar-refractivity contribution in [2.24, 2.45) is 5.92 Å². The van der Waals surface area contributed by atoms with Gasteiger partial charge in [-0.15, -0.1) is 0 Å². The van der Waals surface area contributed by atoms with Crippen LogP contribution in [0.2, 0.25) is 0 Å². The number of carboxylic acid groups (broad SMARTS) is 1. The molecule has 2 aliphatic heterocycles. The van der Waals surface area contributed by atoms with Crippen molar-refractivity contribution in [1.82, 2.24) is 10.2 Å². The van der Waals surface area contributed by atoms with E-state index in [9.17, 15) is 4.79 Å². The monoisotopic (exact) mass is 300 g/mol. The number of nitrogens with zero attached hydrogens (tertiary/aromatic N) is 1. The van der Waals surface area contributed by atoms with Crippen molar-refractivity contribution in [3.8, 4) is 0 Å². The van der Waals surface area contributed by atoms with Gasteiger partial charge in [0, 0.05) is 19.8 Å². The number of likely N-dealkylation sites (tertiary alicyclic amines) is 1. The van der Waals surface area contributed by atoms with Gasteiger partial charge in [-0.2, -0.15) is 0 Å². The second-order valence-corrected chi connectivity index (χ2v) is 6.13. The largest absolute Gasteiger partial charge is 0.483 e. The zero-order chi connectivity index (χ0) is 15.7. The van der Waals surface area contributed by atoms with Crippen molar-refractivity contribution in [2.45, 2.75) is 45.1 Å². The number of carbonyl (C=O) groups excluding carboxylic acids is 1. The van der Waals surface area contributed by atoms with E-state index < -0.39 is 0 Å². The van der Waals surface area contributed by atoms with Gasteiger partial charge < -0.3 is 15.2 Å². The number of hydrogen-bond donors (Lipinski definition) is 2. The number of carbonyl (C=O) groups is 2. The van der Waals surface area contributed by atoms with Crippen LogP contribution in [0.1, 0.15) is 39.5 Å². The summed E-state index contributed by atoms with van der Waals surface area (Å²) in [7, 11) is 0. The first-order valence-corrected chi connectivity index (χ1v) is 7.71. The number of rotatable bonds is 5. The Morgan fingerprint density at radius 3 is 2.57 bits per heavy atom. The smallest absolute Gasteiger partial charge is 0.290 e. The highest BCUT2D eigenvalue weighted by molar-refractivity contribution is 5.85.